The Morgan fingerprint density at radius 3 is 2.90 bits per heavy atom. The summed E-state index contributed by atoms with van der Waals surface area (Å²) in [5.41, 5.74) is 0.918. The first-order valence-corrected chi connectivity index (χ1v) is 7.31. The van der Waals surface area contributed by atoms with Crippen molar-refractivity contribution in [1.82, 2.24) is 4.90 Å². The number of halogens is 1. The van der Waals surface area contributed by atoms with Crippen LogP contribution in [0.15, 0.2) is 18.2 Å². The van der Waals surface area contributed by atoms with Gasteiger partial charge in [0.05, 0.1) is 12.3 Å². The third-order valence-electron chi connectivity index (χ3n) is 3.57. The van der Waals surface area contributed by atoms with E-state index in [-0.39, 0.29) is 24.8 Å². The van der Waals surface area contributed by atoms with Crippen LogP contribution in [0.3, 0.4) is 0 Å². The van der Waals surface area contributed by atoms with E-state index < -0.39 is 5.97 Å². The van der Waals surface area contributed by atoms with Crippen molar-refractivity contribution in [1.29, 1.82) is 0 Å². The summed E-state index contributed by atoms with van der Waals surface area (Å²) in [5.74, 6) is -0.496. The van der Waals surface area contributed by atoms with Gasteiger partial charge < -0.3 is 14.7 Å². The van der Waals surface area contributed by atoms with Crippen molar-refractivity contribution in [3.63, 3.8) is 0 Å². The molecular weight excluding hydrogens is 294 g/mol. The molecule has 21 heavy (non-hydrogen) atoms. The van der Waals surface area contributed by atoms with E-state index in [1.165, 1.54) is 0 Å². The fourth-order valence-corrected chi connectivity index (χ4v) is 2.63. The number of nitrogens with zero attached hydrogens (tertiary/aromatic N) is 1. The summed E-state index contributed by atoms with van der Waals surface area (Å²) in [6, 6.07) is 5.37. The van der Waals surface area contributed by atoms with Gasteiger partial charge in [-0.25, -0.2) is 0 Å². The van der Waals surface area contributed by atoms with Gasteiger partial charge in [0, 0.05) is 18.1 Å². The van der Waals surface area contributed by atoms with Crippen LogP contribution < -0.4 is 4.74 Å². The molecule has 0 saturated heterocycles. The summed E-state index contributed by atoms with van der Waals surface area (Å²) < 4.78 is 5.61. The SMILES string of the molecule is CCN(CCC(=O)O)C(=O)C1COc2ccc(Cl)cc2C1. The van der Waals surface area contributed by atoms with Crippen LogP contribution in [-0.4, -0.2) is 41.6 Å². The lowest BCUT2D eigenvalue weighted by atomic mass is 9.95. The molecule has 0 bridgehead atoms. The fraction of sp³-hybridized carbons (Fsp3) is 0.467. The van der Waals surface area contributed by atoms with Crippen molar-refractivity contribution in [2.24, 2.45) is 5.92 Å². The number of hydrogen-bond donors (Lipinski definition) is 1. The number of carbonyl (C=O) groups is 2. The average molecular weight is 312 g/mol. The van der Waals surface area contributed by atoms with Crippen LogP contribution in [-0.2, 0) is 16.0 Å². The van der Waals surface area contributed by atoms with E-state index in [0.717, 1.165) is 11.3 Å². The highest BCUT2D eigenvalue weighted by Crippen LogP contribution is 2.30. The van der Waals surface area contributed by atoms with Gasteiger partial charge in [-0.05, 0) is 37.1 Å². The lowest BCUT2D eigenvalue weighted by molar-refractivity contribution is -0.140. The number of benzene rings is 1. The number of aliphatic carboxylic acids is 1. The molecule has 0 aliphatic carbocycles. The average Bonchev–Trinajstić information content (AvgIpc) is 2.46. The molecule has 2 rings (SSSR count). The van der Waals surface area contributed by atoms with E-state index in [1.54, 1.807) is 17.0 Å². The molecule has 5 nitrogen and oxygen atoms in total. The van der Waals surface area contributed by atoms with Crippen LogP contribution in [0.25, 0.3) is 0 Å². The fourth-order valence-electron chi connectivity index (χ4n) is 2.43. The summed E-state index contributed by atoms with van der Waals surface area (Å²) in [5, 5.41) is 9.35. The monoisotopic (exact) mass is 311 g/mol. The third kappa shape index (κ3) is 3.88. The number of hydrogen-bond acceptors (Lipinski definition) is 3. The maximum atomic E-state index is 12.5. The third-order valence-corrected chi connectivity index (χ3v) is 3.80. The zero-order valence-corrected chi connectivity index (χ0v) is 12.6. The summed E-state index contributed by atoms with van der Waals surface area (Å²) >= 11 is 5.96. The van der Waals surface area contributed by atoms with Crippen molar-refractivity contribution in [2.45, 2.75) is 19.8 Å². The Balaban J connectivity index is 2.05. The first kappa shape index (κ1) is 15.6. The van der Waals surface area contributed by atoms with E-state index in [1.807, 2.05) is 13.0 Å². The minimum absolute atomic E-state index is 0.0461. The summed E-state index contributed by atoms with van der Waals surface area (Å²) in [4.78, 5) is 24.7. The molecule has 0 radical (unpaired) electrons. The minimum atomic E-state index is -0.904. The maximum absolute atomic E-state index is 12.5. The molecule has 0 fully saturated rings. The number of amides is 1. The van der Waals surface area contributed by atoms with Crippen molar-refractivity contribution < 1.29 is 19.4 Å². The Hall–Kier alpha value is -1.75. The molecule has 1 aromatic rings. The number of carbonyl (C=O) groups excluding carboxylic acids is 1. The predicted octanol–water partition coefficient (Wildman–Crippen LogP) is 2.21. The zero-order chi connectivity index (χ0) is 15.4. The van der Waals surface area contributed by atoms with Crippen LogP contribution in [0, 0.1) is 5.92 Å². The Morgan fingerprint density at radius 2 is 2.24 bits per heavy atom. The molecule has 1 amide bonds. The number of carboxylic acid groups (broad SMARTS) is 1. The maximum Gasteiger partial charge on any atom is 0.305 e. The van der Waals surface area contributed by atoms with Gasteiger partial charge in [0.25, 0.3) is 0 Å². The second-order valence-corrected chi connectivity index (χ2v) is 5.46. The smallest absolute Gasteiger partial charge is 0.305 e. The predicted molar refractivity (Wildman–Crippen MR) is 78.6 cm³/mol. The molecule has 0 saturated carbocycles. The second-order valence-electron chi connectivity index (χ2n) is 5.03. The lowest BCUT2D eigenvalue weighted by Crippen LogP contribution is -2.41. The van der Waals surface area contributed by atoms with Crippen LogP contribution in [0.4, 0.5) is 0 Å². The second kappa shape index (κ2) is 6.80. The Morgan fingerprint density at radius 1 is 1.48 bits per heavy atom. The van der Waals surface area contributed by atoms with Crippen LogP contribution in [0.1, 0.15) is 18.9 Å². The number of rotatable bonds is 5. The first-order chi connectivity index (χ1) is 10.0. The molecule has 1 unspecified atom stereocenters. The van der Waals surface area contributed by atoms with E-state index >= 15 is 0 Å². The molecule has 1 N–H and O–H groups in total. The van der Waals surface area contributed by atoms with Crippen molar-refractivity contribution in [3.05, 3.63) is 28.8 Å². The summed E-state index contributed by atoms with van der Waals surface area (Å²) in [6.07, 6.45) is 0.522. The number of carboxylic acids is 1. The highest BCUT2D eigenvalue weighted by Gasteiger charge is 2.29. The number of fused-ring (bicyclic) bond motifs is 1. The Labute approximate surface area is 128 Å². The van der Waals surface area contributed by atoms with E-state index in [0.29, 0.717) is 24.6 Å². The summed E-state index contributed by atoms with van der Waals surface area (Å²) in [7, 11) is 0. The van der Waals surface area contributed by atoms with E-state index in [2.05, 4.69) is 0 Å². The van der Waals surface area contributed by atoms with E-state index in [4.69, 9.17) is 21.4 Å². The topological polar surface area (TPSA) is 66.8 Å². The van der Waals surface area contributed by atoms with Crippen molar-refractivity contribution >= 4 is 23.5 Å². The minimum Gasteiger partial charge on any atom is -0.492 e. The summed E-state index contributed by atoms with van der Waals surface area (Å²) in [6.45, 7) is 2.87. The molecule has 0 aromatic heterocycles. The molecule has 1 aliphatic rings. The Kier molecular flexibility index (Phi) is 5.07. The van der Waals surface area contributed by atoms with Crippen molar-refractivity contribution in [2.75, 3.05) is 19.7 Å². The molecule has 114 valence electrons. The lowest BCUT2D eigenvalue weighted by Gasteiger charge is -2.29. The van der Waals surface area contributed by atoms with Crippen LogP contribution in [0.2, 0.25) is 5.02 Å². The van der Waals surface area contributed by atoms with Gasteiger partial charge in [0.1, 0.15) is 12.4 Å². The van der Waals surface area contributed by atoms with E-state index in [9.17, 15) is 9.59 Å². The quantitative estimate of drug-likeness (QED) is 0.905. The molecule has 1 aliphatic heterocycles. The van der Waals surface area contributed by atoms with Crippen LogP contribution >= 0.6 is 11.6 Å². The standard InChI is InChI=1S/C15H18ClNO4/c1-2-17(6-5-14(18)19)15(20)11-7-10-8-12(16)3-4-13(10)21-9-11/h3-4,8,11H,2,5-7,9H2,1H3,(H,18,19). The van der Waals surface area contributed by atoms with Gasteiger partial charge in [-0.3, -0.25) is 9.59 Å². The van der Waals surface area contributed by atoms with Gasteiger partial charge in [0.15, 0.2) is 0 Å². The normalized spacial score (nSPS) is 16.8. The van der Waals surface area contributed by atoms with Gasteiger partial charge in [0.2, 0.25) is 5.91 Å². The number of ether oxygens (including phenoxy) is 1. The largest absolute Gasteiger partial charge is 0.492 e. The molecule has 1 heterocycles. The first-order valence-electron chi connectivity index (χ1n) is 6.93. The Bertz CT molecular complexity index is 546. The van der Waals surface area contributed by atoms with Crippen molar-refractivity contribution in [3.8, 4) is 5.75 Å². The van der Waals surface area contributed by atoms with Gasteiger partial charge in [-0.1, -0.05) is 11.6 Å². The van der Waals surface area contributed by atoms with Crippen LogP contribution in [0.5, 0.6) is 5.75 Å². The molecular formula is C15H18ClNO4. The molecule has 0 spiro atoms. The highest BCUT2D eigenvalue weighted by atomic mass is 35.5. The van der Waals surface area contributed by atoms with Gasteiger partial charge in [-0.2, -0.15) is 0 Å². The molecule has 6 heteroatoms. The zero-order valence-electron chi connectivity index (χ0n) is 11.8. The molecule has 1 atom stereocenters. The van der Waals surface area contributed by atoms with Gasteiger partial charge >= 0.3 is 5.97 Å². The van der Waals surface area contributed by atoms with Gasteiger partial charge in [-0.15, -0.1) is 0 Å². The highest BCUT2D eigenvalue weighted by molar-refractivity contribution is 6.30. The molecule has 1 aromatic carbocycles.